The van der Waals surface area contributed by atoms with Crippen LogP contribution in [0.25, 0.3) is 6.08 Å². The van der Waals surface area contributed by atoms with Crippen LogP contribution in [0.2, 0.25) is 0 Å². The molecule has 0 spiro atoms. The Kier molecular flexibility index (Phi) is 7.52. The third-order valence-corrected chi connectivity index (χ3v) is 7.30. The van der Waals surface area contributed by atoms with Crippen LogP contribution in [-0.4, -0.2) is 65.8 Å². The average Bonchev–Trinajstić information content (AvgIpc) is 3.38. The van der Waals surface area contributed by atoms with Gasteiger partial charge in [-0.2, -0.15) is 0 Å². The first kappa shape index (κ1) is 23.8. The molecule has 0 unspecified atom stereocenters. The number of carbonyl (C=O) groups excluding carboxylic acids is 2. The summed E-state index contributed by atoms with van der Waals surface area (Å²) in [6.45, 7) is 5.53. The molecule has 0 N–H and O–H groups in total. The van der Waals surface area contributed by atoms with E-state index in [1.54, 1.807) is 28.0 Å². The van der Waals surface area contributed by atoms with Crippen LogP contribution in [0.1, 0.15) is 25.3 Å². The van der Waals surface area contributed by atoms with Gasteiger partial charge in [0, 0.05) is 63.2 Å². The zero-order chi connectivity index (χ0) is 24.1. The van der Waals surface area contributed by atoms with Gasteiger partial charge in [0.15, 0.2) is 0 Å². The van der Waals surface area contributed by atoms with Crippen molar-refractivity contribution in [3.63, 3.8) is 0 Å². The van der Waals surface area contributed by atoms with E-state index >= 15 is 0 Å². The van der Waals surface area contributed by atoms with Crippen molar-refractivity contribution >= 4 is 41.0 Å². The topological polar surface area (TPSA) is 87.0 Å². The normalized spacial score (nSPS) is 16.3. The van der Waals surface area contributed by atoms with Crippen molar-refractivity contribution in [2.45, 2.75) is 29.6 Å². The summed E-state index contributed by atoms with van der Waals surface area (Å²) in [6, 6.07) is 13.1. The predicted molar refractivity (Wildman–Crippen MR) is 133 cm³/mol. The molecule has 0 saturated carbocycles. The molecular formula is C25H28N4O4S. The summed E-state index contributed by atoms with van der Waals surface area (Å²) < 4.78 is 0. The SMILES string of the molecule is CC(=O)N1CCN(C(=O)C=Cc2ccc(Sc3ccccc3N3CCCC3)c([N+](=O)[O-])c2)CC1. The van der Waals surface area contributed by atoms with E-state index in [9.17, 15) is 19.7 Å². The van der Waals surface area contributed by atoms with Gasteiger partial charge in [0.1, 0.15) is 0 Å². The molecular weight excluding hydrogens is 452 g/mol. The van der Waals surface area contributed by atoms with Gasteiger partial charge in [-0.1, -0.05) is 30.0 Å². The molecule has 2 aromatic rings. The number of benzene rings is 2. The fraction of sp³-hybridized carbons (Fsp3) is 0.360. The van der Waals surface area contributed by atoms with Gasteiger partial charge in [0.2, 0.25) is 11.8 Å². The fourth-order valence-corrected chi connectivity index (χ4v) is 5.32. The van der Waals surface area contributed by atoms with Crippen LogP contribution in [0, 0.1) is 10.1 Å². The molecule has 34 heavy (non-hydrogen) atoms. The standard InChI is InChI=1S/C25H28N4O4S/c1-19(30)26-14-16-28(17-15-26)25(31)11-9-20-8-10-24(22(18-20)29(32)33)34-23-7-3-2-6-21(23)27-12-4-5-13-27/h2-3,6-11,18H,4-5,12-17H2,1H3. The van der Waals surface area contributed by atoms with Crippen LogP contribution < -0.4 is 4.90 Å². The fourth-order valence-electron chi connectivity index (χ4n) is 4.26. The van der Waals surface area contributed by atoms with Gasteiger partial charge in [-0.05, 0) is 42.7 Å². The van der Waals surface area contributed by atoms with Gasteiger partial charge in [-0.25, -0.2) is 0 Å². The average molecular weight is 481 g/mol. The van der Waals surface area contributed by atoms with Crippen LogP contribution in [0.15, 0.2) is 58.3 Å². The van der Waals surface area contributed by atoms with Crippen LogP contribution in [0.3, 0.4) is 0 Å². The zero-order valence-corrected chi connectivity index (χ0v) is 20.0. The summed E-state index contributed by atoms with van der Waals surface area (Å²) >= 11 is 1.40. The Balaban J connectivity index is 1.48. The Hall–Kier alpha value is -3.33. The number of carbonyl (C=O) groups is 2. The number of anilines is 1. The Morgan fingerprint density at radius 2 is 1.62 bits per heavy atom. The van der Waals surface area contributed by atoms with Crippen molar-refractivity contribution in [3.05, 3.63) is 64.2 Å². The van der Waals surface area contributed by atoms with Crippen molar-refractivity contribution in [1.82, 2.24) is 9.80 Å². The first-order valence-electron chi connectivity index (χ1n) is 11.4. The van der Waals surface area contributed by atoms with Gasteiger partial charge in [-0.3, -0.25) is 19.7 Å². The predicted octanol–water partition coefficient (Wildman–Crippen LogP) is 4.05. The number of hydrogen-bond acceptors (Lipinski definition) is 6. The second kappa shape index (κ2) is 10.7. The Morgan fingerprint density at radius 3 is 2.29 bits per heavy atom. The maximum atomic E-state index is 12.5. The minimum Gasteiger partial charge on any atom is -0.371 e. The molecule has 2 aliphatic heterocycles. The first-order chi connectivity index (χ1) is 16.4. The molecule has 2 amide bonds. The van der Waals surface area contributed by atoms with Gasteiger partial charge < -0.3 is 14.7 Å². The third-order valence-electron chi connectivity index (χ3n) is 6.17. The Labute approximate surface area is 203 Å². The van der Waals surface area contributed by atoms with Crippen LogP contribution in [0.5, 0.6) is 0 Å². The van der Waals surface area contributed by atoms with E-state index in [0.29, 0.717) is 36.6 Å². The van der Waals surface area contributed by atoms with E-state index in [-0.39, 0.29) is 22.4 Å². The number of nitro groups is 1. The van der Waals surface area contributed by atoms with E-state index in [1.807, 2.05) is 18.2 Å². The minimum absolute atomic E-state index is 0.0102. The molecule has 2 heterocycles. The van der Waals surface area contributed by atoms with Gasteiger partial charge in [-0.15, -0.1) is 0 Å². The molecule has 2 aromatic carbocycles. The summed E-state index contributed by atoms with van der Waals surface area (Å²) in [4.78, 5) is 42.7. The van der Waals surface area contributed by atoms with Crippen molar-refractivity contribution in [2.75, 3.05) is 44.2 Å². The molecule has 2 aliphatic rings. The highest BCUT2D eigenvalue weighted by molar-refractivity contribution is 7.99. The van der Waals surface area contributed by atoms with Crippen LogP contribution in [0.4, 0.5) is 11.4 Å². The molecule has 0 radical (unpaired) electrons. The van der Waals surface area contributed by atoms with Gasteiger partial charge in [0.25, 0.3) is 5.69 Å². The molecule has 9 heteroatoms. The molecule has 2 saturated heterocycles. The second-order valence-corrected chi connectivity index (χ2v) is 9.50. The summed E-state index contributed by atoms with van der Waals surface area (Å²) in [5.41, 5.74) is 1.73. The van der Waals surface area contributed by atoms with Crippen molar-refractivity contribution < 1.29 is 14.5 Å². The Bertz CT molecular complexity index is 1110. The highest BCUT2D eigenvalue weighted by atomic mass is 32.2. The number of piperazine rings is 1. The van der Waals surface area contributed by atoms with Crippen molar-refractivity contribution in [2.24, 2.45) is 0 Å². The summed E-state index contributed by atoms with van der Waals surface area (Å²) in [5, 5.41) is 11.8. The lowest BCUT2D eigenvalue weighted by atomic mass is 10.2. The quantitative estimate of drug-likeness (QED) is 0.352. The number of hydrogen-bond donors (Lipinski definition) is 0. The summed E-state index contributed by atoms with van der Waals surface area (Å²) in [5.74, 6) is -0.153. The lowest BCUT2D eigenvalue weighted by Crippen LogP contribution is -2.49. The summed E-state index contributed by atoms with van der Waals surface area (Å²) in [7, 11) is 0. The first-order valence-corrected chi connectivity index (χ1v) is 12.3. The number of para-hydroxylation sites is 1. The van der Waals surface area contributed by atoms with E-state index < -0.39 is 0 Å². The van der Waals surface area contributed by atoms with E-state index in [1.165, 1.54) is 30.8 Å². The molecule has 2 fully saturated rings. The lowest BCUT2D eigenvalue weighted by Gasteiger charge is -2.33. The maximum Gasteiger partial charge on any atom is 0.283 e. The molecule has 0 bridgehead atoms. The largest absolute Gasteiger partial charge is 0.371 e. The third kappa shape index (κ3) is 5.59. The monoisotopic (exact) mass is 480 g/mol. The number of nitro benzene ring substituents is 1. The highest BCUT2D eigenvalue weighted by Crippen LogP contribution is 2.40. The van der Waals surface area contributed by atoms with E-state index in [4.69, 9.17) is 0 Å². The lowest BCUT2D eigenvalue weighted by molar-refractivity contribution is -0.387. The molecule has 4 rings (SSSR count). The number of nitrogens with zero attached hydrogens (tertiary/aromatic N) is 4. The van der Waals surface area contributed by atoms with E-state index in [2.05, 4.69) is 11.0 Å². The van der Waals surface area contributed by atoms with Crippen molar-refractivity contribution in [1.29, 1.82) is 0 Å². The second-order valence-electron chi connectivity index (χ2n) is 8.41. The summed E-state index contributed by atoms with van der Waals surface area (Å²) in [6.07, 6.45) is 5.37. The number of rotatable bonds is 6. The maximum absolute atomic E-state index is 12.5. The zero-order valence-electron chi connectivity index (χ0n) is 19.2. The van der Waals surface area contributed by atoms with Crippen molar-refractivity contribution in [3.8, 4) is 0 Å². The van der Waals surface area contributed by atoms with Crippen LogP contribution in [-0.2, 0) is 9.59 Å². The molecule has 0 atom stereocenters. The Morgan fingerprint density at radius 1 is 0.941 bits per heavy atom. The highest BCUT2D eigenvalue weighted by Gasteiger charge is 2.22. The van der Waals surface area contributed by atoms with E-state index in [0.717, 1.165) is 36.5 Å². The van der Waals surface area contributed by atoms with Crippen LogP contribution >= 0.6 is 11.8 Å². The molecule has 8 nitrogen and oxygen atoms in total. The van der Waals surface area contributed by atoms with Gasteiger partial charge in [0.05, 0.1) is 15.5 Å². The molecule has 0 aliphatic carbocycles. The molecule has 178 valence electrons. The minimum atomic E-state index is -0.374. The number of amides is 2. The molecule has 0 aromatic heterocycles. The smallest absolute Gasteiger partial charge is 0.283 e. The van der Waals surface area contributed by atoms with Gasteiger partial charge >= 0.3 is 0 Å².